The largest absolute Gasteiger partial charge is 0.307 e. The average molecular weight is 248 g/mol. The molecule has 1 atom stereocenters. The van der Waals surface area contributed by atoms with Gasteiger partial charge in [0.05, 0.1) is 6.04 Å². The van der Waals surface area contributed by atoms with E-state index in [-0.39, 0.29) is 11.9 Å². The van der Waals surface area contributed by atoms with Gasteiger partial charge in [-0.3, -0.25) is 5.10 Å². The number of rotatable bonds is 5. The van der Waals surface area contributed by atoms with Gasteiger partial charge in [0.15, 0.2) is 0 Å². The van der Waals surface area contributed by atoms with Gasteiger partial charge < -0.3 is 5.32 Å². The predicted octanol–water partition coefficient (Wildman–Crippen LogP) is 2.15. The third-order valence-electron chi connectivity index (χ3n) is 2.95. The molecular weight excluding hydrogens is 231 g/mol. The van der Waals surface area contributed by atoms with Crippen LogP contribution in [0.25, 0.3) is 0 Å². The summed E-state index contributed by atoms with van der Waals surface area (Å²) < 4.78 is 13.3. The Kier molecular flexibility index (Phi) is 4.04. The SMILES string of the molecule is CCNC(Cc1cc(F)ccc1C)c1ncn[nH]1. The van der Waals surface area contributed by atoms with Gasteiger partial charge in [-0.1, -0.05) is 13.0 Å². The Bertz CT molecular complexity index is 496. The number of hydrogen-bond donors (Lipinski definition) is 2. The Morgan fingerprint density at radius 3 is 2.94 bits per heavy atom. The van der Waals surface area contributed by atoms with Crippen molar-refractivity contribution in [1.29, 1.82) is 0 Å². The van der Waals surface area contributed by atoms with Gasteiger partial charge in [0.2, 0.25) is 0 Å². The van der Waals surface area contributed by atoms with E-state index in [1.165, 1.54) is 12.4 Å². The van der Waals surface area contributed by atoms with Gasteiger partial charge in [0.1, 0.15) is 18.0 Å². The number of benzene rings is 1. The first-order chi connectivity index (χ1) is 8.70. The molecule has 2 aromatic rings. The maximum absolute atomic E-state index is 13.3. The fraction of sp³-hybridized carbons (Fsp3) is 0.385. The number of H-pyrrole nitrogens is 1. The van der Waals surface area contributed by atoms with Crippen LogP contribution in [0.5, 0.6) is 0 Å². The Morgan fingerprint density at radius 2 is 2.28 bits per heavy atom. The second kappa shape index (κ2) is 5.73. The van der Waals surface area contributed by atoms with E-state index in [0.29, 0.717) is 6.42 Å². The molecule has 0 aliphatic heterocycles. The van der Waals surface area contributed by atoms with Crippen LogP contribution in [0.3, 0.4) is 0 Å². The van der Waals surface area contributed by atoms with Gasteiger partial charge >= 0.3 is 0 Å². The van der Waals surface area contributed by atoms with E-state index in [1.807, 2.05) is 13.8 Å². The van der Waals surface area contributed by atoms with Crippen LogP contribution in [0.4, 0.5) is 4.39 Å². The number of aromatic nitrogens is 3. The minimum Gasteiger partial charge on any atom is -0.307 e. The lowest BCUT2D eigenvalue weighted by Crippen LogP contribution is -2.24. The van der Waals surface area contributed by atoms with E-state index in [4.69, 9.17) is 0 Å². The van der Waals surface area contributed by atoms with E-state index < -0.39 is 0 Å². The van der Waals surface area contributed by atoms with E-state index in [9.17, 15) is 4.39 Å². The van der Waals surface area contributed by atoms with Crippen LogP contribution in [0.2, 0.25) is 0 Å². The molecule has 0 saturated heterocycles. The summed E-state index contributed by atoms with van der Waals surface area (Å²) in [4.78, 5) is 4.16. The van der Waals surface area contributed by atoms with E-state index >= 15 is 0 Å². The van der Waals surface area contributed by atoms with Crippen LogP contribution in [0, 0.1) is 12.7 Å². The molecule has 0 aliphatic carbocycles. The lowest BCUT2D eigenvalue weighted by Gasteiger charge is -2.16. The highest BCUT2D eigenvalue weighted by Crippen LogP contribution is 2.18. The van der Waals surface area contributed by atoms with Crippen molar-refractivity contribution in [2.45, 2.75) is 26.3 Å². The molecule has 0 radical (unpaired) electrons. The van der Waals surface area contributed by atoms with E-state index in [1.54, 1.807) is 12.1 Å². The molecule has 96 valence electrons. The summed E-state index contributed by atoms with van der Waals surface area (Å²) in [5, 5.41) is 10.0. The molecule has 1 unspecified atom stereocenters. The number of hydrogen-bond acceptors (Lipinski definition) is 3. The molecule has 0 spiro atoms. The first-order valence-corrected chi connectivity index (χ1v) is 6.04. The van der Waals surface area contributed by atoms with Gasteiger partial charge in [-0.2, -0.15) is 5.10 Å². The number of halogens is 1. The van der Waals surface area contributed by atoms with E-state index in [0.717, 1.165) is 23.5 Å². The molecule has 0 bridgehead atoms. The summed E-state index contributed by atoms with van der Waals surface area (Å²) in [7, 11) is 0. The maximum Gasteiger partial charge on any atom is 0.141 e. The van der Waals surface area contributed by atoms with Crippen LogP contribution in [0.1, 0.15) is 29.9 Å². The normalized spacial score (nSPS) is 12.6. The zero-order valence-corrected chi connectivity index (χ0v) is 10.6. The first kappa shape index (κ1) is 12.7. The van der Waals surface area contributed by atoms with Crippen LogP contribution < -0.4 is 5.32 Å². The van der Waals surface area contributed by atoms with E-state index in [2.05, 4.69) is 20.5 Å². The van der Waals surface area contributed by atoms with Crippen LogP contribution >= 0.6 is 0 Å². The fourth-order valence-electron chi connectivity index (χ4n) is 1.97. The van der Waals surface area contributed by atoms with Gasteiger partial charge in [0, 0.05) is 0 Å². The van der Waals surface area contributed by atoms with Crippen molar-refractivity contribution in [2.24, 2.45) is 0 Å². The predicted molar refractivity (Wildman–Crippen MR) is 67.6 cm³/mol. The molecule has 2 N–H and O–H groups in total. The second-order valence-electron chi connectivity index (χ2n) is 4.26. The molecule has 0 amide bonds. The van der Waals surface area contributed by atoms with Crippen LogP contribution in [-0.4, -0.2) is 21.7 Å². The molecule has 4 nitrogen and oxygen atoms in total. The molecule has 0 saturated carbocycles. The quantitative estimate of drug-likeness (QED) is 0.852. The average Bonchev–Trinajstić information content (AvgIpc) is 2.87. The smallest absolute Gasteiger partial charge is 0.141 e. The number of aryl methyl sites for hydroxylation is 1. The molecular formula is C13H17FN4. The standard InChI is InChI=1S/C13H17FN4/c1-3-15-12(13-16-8-17-18-13)7-10-6-11(14)5-4-9(10)2/h4-6,8,12,15H,3,7H2,1-2H3,(H,16,17,18). The second-order valence-corrected chi connectivity index (χ2v) is 4.26. The maximum atomic E-state index is 13.3. The Balaban J connectivity index is 2.21. The van der Waals surface area contributed by atoms with Crippen molar-refractivity contribution in [3.63, 3.8) is 0 Å². The molecule has 0 aliphatic rings. The summed E-state index contributed by atoms with van der Waals surface area (Å²) in [5.74, 6) is 0.573. The van der Waals surface area contributed by atoms with Crippen LogP contribution in [-0.2, 0) is 6.42 Å². The summed E-state index contributed by atoms with van der Waals surface area (Å²) in [6, 6.07) is 4.89. The van der Waals surface area contributed by atoms with Crippen molar-refractivity contribution in [3.8, 4) is 0 Å². The van der Waals surface area contributed by atoms with Crippen molar-refractivity contribution in [2.75, 3.05) is 6.54 Å². The molecule has 5 heteroatoms. The fourth-order valence-corrected chi connectivity index (χ4v) is 1.97. The summed E-state index contributed by atoms with van der Waals surface area (Å²) in [6.07, 6.45) is 2.17. The van der Waals surface area contributed by atoms with Crippen LogP contribution in [0.15, 0.2) is 24.5 Å². The third kappa shape index (κ3) is 2.92. The zero-order valence-electron chi connectivity index (χ0n) is 10.6. The summed E-state index contributed by atoms with van der Waals surface area (Å²) in [6.45, 7) is 4.83. The Morgan fingerprint density at radius 1 is 1.44 bits per heavy atom. The molecule has 1 heterocycles. The highest BCUT2D eigenvalue weighted by Gasteiger charge is 2.15. The lowest BCUT2D eigenvalue weighted by atomic mass is 10.0. The van der Waals surface area contributed by atoms with Gasteiger partial charge in [-0.15, -0.1) is 0 Å². The third-order valence-corrected chi connectivity index (χ3v) is 2.95. The highest BCUT2D eigenvalue weighted by atomic mass is 19.1. The number of nitrogens with one attached hydrogen (secondary N) is 2. The molecule has 1 aromatic carbocycles. The highest BCUT2D eigenvalue weighted by molar-refractivity contribution is 5.27. The molecule has 0 fully saturated rings. The minimum atomic E-state index is -0.205. The Labute approximate surface area is 106 Å². The Hall–Kier alpha value is -1.75. The monoisotopic (exact) mass is 248 g/mol. The molecule has 18 heavy (non-hydrogen) atoms. The van der Waals surface area contributed by atoms with Crippen molar-refractivity contribution in [1.82, 2.24) is 20.5 Å². The van der Waals surface area contributed by atoms with Crippen molar-refractivity contribution >= 4 is 0 Å². The number of likely N-dealkylation sites (N-methyl/N-ethyl adjacent to an activating group) is 1. The van der Waals surface area contributed by atoms with Gasteiger partial charge in [-0.05, 0) is 43.1 Å². The summed E-state index contributed by atoms with van der Waals surface area (Å²) >= 11 is 0. The van der Waals surface area contributed by atoms with Gasteiger partial charge in [-0.25, -0.2) is 9.37 Å². The lowest BCUT2D eigenvalue weighted by molar-refractivity contribution is 0.520. The summed E-state index contributed by atoms with van der Waals surface area (Å²) in [5.41, 5.74) is 2.07. The number of nitrogens with zero attached hydrogens (tertiary/aromatic N) is 2. The van der Waals surface area contributed by atoms with Crippen molar-refractivity contribution < 1.29 is 4.39 Å². The number of aromatic amines is 1. The van der Waals surface area contributed by atoms with Gasteiger partial charge in [0.25, 0.3) is 0 Å². The topological polar surface area (TPSA) is 53.6 Å². The first-order valence-electron chi connectivity index (χ1n) is 6.04. The molecule has 2 rings (SSSR count). The minimum absolute atomic E-state index is 0.0259. The zero-order chi connectivity index (χ0) is 13.0. The molecule has 1 aromatic heterocycles. The van der Waals surface area contributed by atoms with Crippen molar-refractivity contribution in [3.05, 3.63) is 47.3 Å².